The van der Waals surface area contributed by atoms with E-state index in [2.05, 4.69) is 15.6 Å². The summed E-state index contributed by atoms with van der Waals surface area (Å²) < 4.78 is 1.79. The van der Waals surface area contributed by atoms with Crippen molar-refractivity contribution in [2.24, 2.45) is 0 Å². The molecule has 1 aromatic rings. The van der Waals surface area contributed by atoms with Gasteiger partial charge in [0.15, 0.2) is 5.82 Å². The highest BCUT2D eigenvalue weighted by Gasteiger charge is 2.14. The molecular formula is C7H13N5. The highest BCUT2D eigenvalue weighted by Crippen LogP contribution is 2.07. The van der Waals surface area contributed by atoms with E-state index in [0.717, 1.165) is 13.1 Å². The van der Waals surface area contributed by atoms with Crippen molar-refractivity contribution in [1.82, 2.24) is 20.3 Å². The van der Waals surface area contributed by atoms with Crippen LogP contribution < -0.4 is 11.1 Å². The van der Waals surface area contributed by atoms with E-state index in [1.165, 1.54) is 12.8 Å². The minimum absolute atomic E-state index is 0.494. The lowest BCUT2D eigenvalue weighted by molar-refractivity contribution is 0.466. The Hall–Kier alpha value is -1.10. The van der Waals surface area contributed by atoms with Gasteiger partial charge in [-0.05, 0) is 19.4 Å². The number of aromatic nitrogens is 3. The monoisotopic (exact) mass is 167 g/mol. The van der Waals surface area contributed by atoms with Crippen molar-refractivity contribution in [1.29, 1.82) is 0 Å². The molecule has 0 radical (unpaired) electrons. The molecule has 0 amide bonds. The maximum Gasteiger partial charge on any atom is 0.165 e. The van der Waals surface area contributed by atoms with Crippen LogP contribution in [0.3, 0.4) is 0 Å². The SMILES string of the molecule is Nc1cn(CC2CCCN2)nn1. The molecule has 1 aliphatic rings. The Morgan fingerprint density at radius 2 is 2.67 bits per heavy atom. The molecule has 5 heteroatoms. The van der Waals surface area contributed by atoms with Gasteiger partial charge in [0.2, 0.25) is 0 Å². The maximum atomic E-state index is 5.44. The van der Waals surface area contributed by atoms with Crippen molar-refractivity contribution in [3.05, 3.63) is 6.20 Å². The average molecular weight is 167 g/mol. The average Bonchev–Trinajstić information content (AvgIpc) is 2.63. The normalized spacial score (nSPS) is 23.2. The summed E-state index contributed by atoms with van der Waals surface area (Å²) in [6, 6.07) is 0.547. The molecule has 1 aromatic heterocycles. The van der Waals surface area contributed by atoms with Gasteiger partial charge >= 0.3 is 0 Å². The van der Waals surface area contributed by atoms with Crippen molar-refractivity contribution in [2.45, 2.75) is 25.4 Å². The summed E-state index contributed by atoms with van der Waals surface area (Å²) in [5.41, 5.74) is 5.44. The van der Waals surface area contributed by atoms with E-state index in [0.29, 0.717) is 11.9 Å². The number of hydrogen-bond acceptors (Lipinski definition) is 4. The molecule has 3 N–H and O–H groups in total. The summed E-state index contributed by atoms with van der Waals surface area (Å²) in [5.74, 6) is 0.494. The van der Waals surface area contributed by atoms with Gasteiger partial charge in [-0.2, -0.15) is 0 Å². The zero-order valence-electron chi connectivity index (χ0n) is 6.90. The molecule has 0 saturated carbocycles. The molecule has 1 fully saturated rings. The molecule has 1 unspecified atom stereocenters. The number of nitrogens with zero attached hydrogens (tertiary/aromatic N) is 3. The third-order valence-corrected chi connectivity index (χ3v) is 2.13. The Balaban J connectivity index is 1.94. The topological polar surface area (TPSA) is 68.8 Å². The predicted octanol–water partition coefficient (Wildman–Crippen LogP) is -0.388. The minimum Gasteiger partial charge on any atom is -0.381 e. The second kappa shape index (κ2) is 3.10. The van der Waals surface area contributed by atoms with Crippen LogP contribution in [0.15, 0.2) is 6.20 Å². The third-order valence-electron chi connectivity index (χ3n) is 2.13. The van der Waals surface area contributed by atoms with E-state index in [4.69, 9.17) is 5.73 Å². The van der Waals surface area contributed by atoms with Crippen molar-refractivity contribution in [3.8, 4) is 0 Å². The van der Waals surface area contributed by atoms with Gasteiger partial charge in [-0.1, -0.05) is 5.21 Å². The number of rotatable bonds is 2. The molecule has 0 bridgehead atoms. The van der Waals surface area contributed by atoms with Crippen LogP contribution in [0.1, 0.15) is 12.8 Å². The minimum atomic E-state index is 0.494. The Labute approximate surface area is 70.9 Å². The summed E-state index contributed by atoms with van der Waals surface area (Å²) in [7, 11) is 0. The first-order valence-electron chi connectivity index (χ1n) is 4.23. The van der Waals surface area contributed by atoms with E-state index in [1.807, 2.05) is 0 Å². The van der Waals surface area contributed by atoms with Gasteiger partial charge in [-0.25, -0.2) is 4.68 Å². The van der Waals surface area contributed by atoms with Crippen molar-refractivity contribution < 1.29 is 0 Å². The quantitative estimate of drug-likeness (QED) is 0.629. The highest BCUT2D eigenvalue weighted by molar-refractivity contribution is 5.19. The first-order chi connectivity index (χ1) is 5.84. The van der Waals surface area contributed by atoms with Crippen LogP contribution in [0.5, 0.6) is 0 Å². The van der Waals surface area contributed by atoms with Crippen LogP contribution in [0.25, 0.3) is 0 Å². The largest absolute Gasteiger partial charge is 0.381 e. The van der Waals surface area contributed by atoms with Gasteiger partial charge in [0, 0.05) is 6.04 Å². The second-order valence-corrected chi connectivity index (χ2v) is 3.16. The number of nitrogens with one attached hydrogen (secondary N) is 1. The van der Waals surface area contributed by atoms with Crippen LogP contribution >= 0.6 is 0 Å². The lowest BCUT2D eigenvalue weighted by Crippen LogP contribution is -2.26. The zero-order valence-corrected chi connectivity index (χ0v) is 6.90. The van der Waals surface area contributed by atoms with Crippen LogP contribution in [0.4, 0.5) is 5.82 Å². The van der Waals surface area contributed by atoms with Crippen LogP contribution in [0.2, 0.25) is 0 Å². The number of nitrogen functional groups attached to an aromatic ring is 1. The maximum absolute atomic E-state index is 5.44. The Morgan fingerprint density at radius 3 is 3.25 bits per heavy atom. The molecule has 1 saturated heterocycles. The van der Waals surface area contributed by atoms with Gasteiger partial charge < -0.3 is 11.1 Å². The van der Waals surface area contributed by atoms with E-state index in [1.54, 1.807) is 10.9 Å². The molecule has 0 aromatic carbocycles. The first kappa shape index (κ1) is 7.54. The smallest absolute Gasteiger partial charge is 0.165 e. The van der Waals surface area contributed by atoms with Gasteiger partial charge in [0.25, 0.3) is 0 Å². The Morgan fingerprint density at radius 1 is 1.75 bits per heavy atom. The van der Waals surface area contributed by atoms with Gasteiger partial charge in [-0.3, -0.25) is 0 Å². The standard InChI is InChI=1S/C7H13N5/c8-7-5-12(11-10-7)4-6-2-1-3-9-6/h5-6,9H,1-4,8H2. The number of hydrogen-bond donors (Lipinski definition) is 2. The van der Waals surface area contributed by atoms with Crippen LogP contribution in [-0.2, 0) is 6.54 Å². The lowest BCUT2D eigenvalue weighted by atomic mass is 10.2. The predicted molar refractivity (Wildman–Crippen MR) is 45.5 cm³/mol. The highest BCUT2D eigenvalue weighted by atomic mass is 15.4. The van der Waals surface area contributed by atoms with Gasteiger partial charge in [0.05, 0.1) is 12.7 Å². The Kier molecular flexibility index (Phi) is 1.95. The fraction of sp³-hybridized carbons (Fsp3) is 0.714. The zero-order chi connectivity index (χ0) is 8.39. The summed E-state index contributed by atoms with van der Waals surface area (Å²) in [4.78, 5) is 0. The summed E-state index contributed by atoms with van der Waals surface area (Å²) in [6.45, 7) is 2.00. The van der Waals surface area contributed by atoms with E-state index >= 15 is 0 Å². The fourth-order valence-electron chi connectivity index (χ4n) is 1.54. The van der Waals surface area contributed by atoms with E-state index in [9.17, 15) is 0 Å². The van der Waals surface area contributed by atoms with Gasteiger partial charge in [-0.15, -0.1) is 5.10 Å². The molecule has 66 valence electrons. The molecule has 1 aliphatic heterocycles. The van der Waals surface area contributed by atoms with Crippen molar-refractivity contribution >= 4 is 5.82 Å². The summed E-state index contributed by atoms with van der Waals surface area (Å²) >= 11 is 0. The fourth-order valence-corrected chi connectivity index (χ4v) is 1.54. The molecule has 0 aliphatic carbocycles. The van der Waals surface area contributed by atoms with E-state index < -0.39 is 0 Å². The second-order valence-electron chi connectivity index (χ2n) is 3.16. The summed E-state index contributed by atoms with van der Waals surface area (Å²) in [6.07, 6.45) is 4.24. The van der Waals surface area contributed by atoms with Crippen molar-refractivity contribution in [2.75, 3.05) is 12.3 Å². The number of nitrogens with two attached hydrogens (primary N) is 1. The van der Waals surface area contributed by atoms with E-state index in [-0.39, 0.29) is 0 Å². The third kappa shape index (κ3) is 1.55. The molecule has 1 atom stereocenters. The van der Waals surface area contributed by atoms with Crippen molar-refractivity contribution in [3.63, 3.8) is 0 Å². The van der Waals surface area contributed by atoms with Crippen LogP contribution in [0, 0.1) is 0 Å². The summed E-state index contributed by atoms with van der Waals surface area (Å²) in [5, 5.41) is 11.0. The lowest BCUT2D eigenvalue weighted by Gasteiger charge is -2.08. The molecule has 0 spiro atoms. The number of anilines is 1. The molecular weight excluding hydrogens is 154 g/mol. The molecule has 2 heterocycles. The first-order valence-corrected chi connectivity index (χ1v) is 4.23. The molecule has 5 nitrogen and oxygen atoms in total. The van der Waals surface area contributed by atoms with Gasteiger partial charge in [0.1, 0.15) is 0 Å². The van der Waals surface area contributed by atoms with Crippen LogP contribution in [-0.4, -0.2) is 27.6 Å². The molecule has 2 rings (SSSR count). The Bertz CT molecular complexity index is 250. The molecule has 12 heavy (non-hydrogen) atoms.